The van der Waals surface area contributed by atoms with E-state index in [4.69, 9.17) is 19.1 Å². The standard InChI is InChI=1S/C20H28O5.H3OP/c1-12-10-13(2)17(14(3)11-12)19(21)18(16-8-6-7-9-16)20(22)25-24-15(4)23-5;1-2/h10-11,15-16,18H,6-9H2,1-5H3;2H3. The third-order valence-electron chi connectivity index (χ3n) is 4.93. The molecule has 3 unspecified atom stereocenters. The number of methoxy groups -OCH3 is 1. The molecule has 7 heteroatoms. The molecule has 0 heterocycles. The van der Waals surface area contributed by atoms with Crippen LogP contribution in [0, 0.1) is 32.6 Å². The van der Waals surface area contributed by atoms with Gasteiger partial charge in [0.2, 0.25) is 0 Å². The van der Waals surface area contributed by atoms with Crippen LogP contribution in [0.25, 0.3) is 0 Å². The maximum Gasteiger partial charge on any atom is 0.353 e. The first kappa shape index (κ1) is 23.5. The number of ketones is 1. The van der Waals surface area contributed by atoms with E-state index in [2.05, 4.69) is 0 Å². The minimum Gasteiger partial charge on any atom is -0.352 e. The summed E-state index contributed by atoms with van der Waals surface area (Å²) in [7, 11) is 2.07. The Morgan fingerprint density at radius 3 is 2.07 bits per heavy atom. The highest BCUT2D eigenvalue weighted by Gasteiger charge is 2.39. The number of carbonyl (C=O) groups excluding carboxylic acids is 2. The van der Waals surface area contributed by atoms with Gasteiger partial charge in [0.15, 0.2) is 12.1 Å². The van der Waals surface area contributed by atoms with E-state index in [1.54, 1.807) is 6.92 Å². The Morgan fingerprint density at radius 1 is 1.07 bits per heavy atom. The van der Waals surface area contributed by atoms with E-state index in [-0.39, 0.29) is 11.7 Å². The lowest BCUT2D eigenvalue weighted by atomic mass is 9.82. The fourth-order valence-corrected chi connectivity index (χ4v) is 3.73. The van der Waals surface area contributed by atoms with Crippen LogP contribution in [-0.2, 0) is 23.9 Å². The lowest BCUT2D eigenvalue weighted by Crippen LogP contribution is -2.33. The van der Waals surface area contributed by atoms with E-state index >= 15 is 0 Å². The summed E-state index contributed by atoms with van der Waals surface area (Å²) in [6, 6.07) is 3.95. The van der Waals surface area contributed by atoms with Gasteiger partial charge in [-0.05, 0) is 57.6 Å². The first-order valence-electron chi connectivity index (χ1n) is 9.16. The molecule has 1 aliphatic carbocycles. The smallest absolute Gasteiger partial charge is 0.352 e. The van der Waals surface area contributed by atoms with Gasteiger partial charge < -0.3 is 9.30 Å². The van der Waals surface area contributed by atoms with Crippen molar-refractivity contribution < 1.29 is 28.7 Å². The fraction of sp³-hybridized carbons (Fsp3) is 0.600. The molecule has 152 valence electrons. The van der Waals surface area contributed by atoms with E-state index < -0.39 is 18.2 Å². The third kappa shape index (κ3) is 6.27. The van der Waals surface area contributed by atoms with Crippen molar-refractivity contribution in [1.82, 2.24) is 0 Å². The number of ether oxygens (including phenoxy) is 1. The summed E-state index contributed by atoms with van der Waals surface area (Å²) < 4.78 is 13.2. The van der Waals surface area contributed by atoms with E-state index in [9.17, 15) is 9.59 Å². The Balaban J connectivity index is 0.00000176. The van der Waals surface area contributed by atoms with Crippen molar-refractivity contribution in [3.05, 3.63) is 34.4 Å². The minimum atomic E-state index is -0.827. The largest absolute Gasteiger partial charge is 0.353 e. The molecule has 3 atom stereocenters. The van der Waals surface area contributed by atoms with Crippen LogP contribution in [0.15, 0.2) is 12.1 Å². The van der Waals surface area contributed by atoms with Crippen molar-refractivity contribution in [3.8, 4) is 0 Å². The lowest BCUT2D eigenvalue weighted by Gasteiger charge is -2.22. The fourth-order valence-electron chi connectivity index (χ4n) is 3.73. The van der Waals surface area contributed by atoms with Gasteiger partial charge >= 0.3 is 5.97 Å². The minimum absolute atomic E-state index is 0.00144. The molecule has 2 rings (SSSR count). The molecule has 1 fully saturated rings. The highest BCUT2D eigenvalue weighted by atomic mass is 31.0. The number of carbonyl (C=O) groups is 2. The topological polar surface area (TPSA) is 78.9 Å². The summed E-state index contributed by atoms with van der Waals surface area (Å²) >= 11 is 0. The molecule has 0 aliphatic heterocycles. The van der Waals surface area contributed by atoms with Gasteiger partial charge in [-0.1, -0.05) is 30.5 Å². The summed E-state index contributed by atoms with van der Waals surface area (Å²) in [5.74, 6) is -1.62. The van der Waals surface area contributed by atoms with Crippen molar-refractivity contribution in [2.24, 2.45) is 11.8 Å². The predicted molar refractivity (Wildman–Crippen MR) is 106 cm³/mol. The SMILES string of the molecule is COC(C)OOC(=O)C(C(=O)c1c(C)cc(C)cc1C)C1CCCC1.O=[PH3]. The average molecular weight is 398 g/mol. The van der Waals surface area contributed by atoms with Gasteiger partial charge in [-0.25, -0.2) is 4.79 Å². The Hall–Kier alpha value is -1.49. The number of hydrogen-bond acceptors (Lipinski definition) is 6. The number of Topliss-reactive ketones (excluding diaryl/α,β-unsaturated/α-hetero) is 1. The molecule has 0 aromatic heterocycles. The van der Waals surface area contributed by atoms with Crippen molar-refractivity contribution in [2.45, 2.75) is 59.7 Å². The highest BCUT2D eigenvalue weighted by molar-refractivity contribution is 7.00. The lowest BCUT2D eigenvalue weighted by molar-refractivity contribution is -0.344. The molecule has 0 saturated heterocycles. The van der Waals surface area contributed by atoms with Crippen molar-refractivity contribution in [3.63, 3.8) is 0 Å². The quantitative estimate of drug-likeness (QED) is 0.172. The number of aryl methyl sites for hydroxylation is 3. The van der Waals surface area contributed by atoms with Crippen LogP contribution in [0.4, 0.5) is 0 Å². The second-order valence-corrected chi connectivity index (χ2v) is 6.96. The molecule has 0 N–H and O–H groups in total. The molecular formula is C20H31O6P. The van der Waals surface area contributed by atoms with Gasteiger partial charge in [0.05, 0.1) is 9.12 Å². The summed E-state index contributed by atoms with van der Waals surface area (Å²) in [6.45, 7) is 7.44. The molecule has 0 radical (unpaired) electrons. The monoisotopic (exact) mass is 398 g/mol. The van der Waals surface area contributed by atoms with Gasteiger partial charge in [-0.15, -0.1) is 0 Å². The molecule has 0 amide bonds. The van der Waals surface area contributed by atoms with E-state index in [0.717, 1.165) is 42.4 Å². The molecule has 1 aliphatic rings. The van der Waals surface area contributed by atoms with Crippen LogP contribution < -0.4 is 0 Å². The zero-order chi connectivity index (χ0) is 20.6. The maximum atomic E-state index is 13.3. The van der Waals surface area contributed by atoms with Gasteiger partial charge in [0.25, 0.3) is 0 Å². The third-order valence-corrected chi connectivity index (χ3v) is 4.93. The Labute approximate surface area is 163 Å². The summed E-state index contributed by atoms with van der Waals surface area (Å²) in [6.07, 6.45) is 3.10. The zero-order valence-corrected chi connectivity index (χ0v) is 18.3. The first-order chi connectivity index (χ1) is 12.8. The number of hydrogen-bond donors (Lipinski definition) is 0. The van der Waals surface area contributed by atoms with Crippen LogP contribution in [0.2, 0.25) is 0 Å². The molecule has 0 bridgehead atoms. The van der Waals surface area contributed by atoms with E-state index in [1.165, 1.54) is 7.11 Å². The summed E-state index contributed by atoms with van der Waals surface area (Å²) in [4.78, 5) is 35.7. The van der Waals surface area contributed by atoms with Crippen molar-refractivity contribution in [1.29, 1.82) is 0 Å². The van der Waals surface area contributed by atoms with Gasteiger partial charge in [0, 0.05) is 12.7 Å². The van der Waals surface area contributed by atoms with E-state index in [1.807, 2.05) is 32.9 Å². The Morgan fingerprint density at radius 2 is 1.59 bits per heavy atom. The molecule has 27 heavy (non-hydrogen) atoms. The highest BCUT2D eigenvalue weighted by Crippen LogP contribution is 2.35. The first-order valence-corrected chi connectivity index (χ1v) is 9.73. The molecule has 1 saturated carbocycles. The molecule has 1 aromatic rings. The predicted octanol–water partition coefficient (Wildman–Crippen LogP) is 4.01. The molecule has 1 aromatic carbocycles. The van der Waals surface area contributed by atoms with Crippen molar-refractivity contribution >= 4 is 20.9 Å². The summed E-state index contributed by atoms with van der Waals surface area (Å²) in [5.41, 5.74) is 3.51. The van der Waals surface area contributed by atoms with Crippen LogP contribution in [0.5, 0.6) is 0 Å². The van der Waals surface area contributed by atoms with Gasteiger partial charge in [-0.3, -0.25) is 9.68 Å². The Kier molecular flexibility index (Phi) is 9.92. The number of rotatable bonds is 7. The second kappa shape index (κ2) is 11.4. The Bertz CT molecular complexity index is 631. The average Bonchev–Trinajstić information content (AvgIpc) is 3.14. The van der Waals surface area contributed by atoms with Crippen LogP contribution in [0.1, 0.15) is 59.7 Å². The normalized spacial score (nSPS) is 16.3. The van der Waals surface area contributed by atoms with Crippen LogP contribution in [0.3, 0.4) is 0 Å². The van der Waals surface area contributed by atoms with Crippen LogP contribution >= 0.6 is 9.12 Å². The van der Waals surface area contributed by atoms with Crippen LogP contribution in [-0.4, -0.2) is 25.2 Å². The maximum absolute atomic E-state index is 13.3. The van der Waals surface area contributed by atoms with Crippen molar-refractivity contribution in [2.75, 3.05) is 7.11 Å². The molecule has 6 nitrogen and oxygen atoms in total. The van der Waals surface area contributed by atoms with E-state index in [0.29, 0.717) is 14.7 Å². The number of benzene rings is 1. The molecular weight excluding hydrogens is 367 g/mol. The van der Waals surface area contributed by atoms with Gasteiger partial charge in [0.1, 0.15) is 5.92 Å². The van der Waals surface area contributed by atoms with Gasteiger partial charge in [-0.2, -0.15) is 4.89 Å². The zero-order valence-electron chi connectivity index (χ0n) is 16.9. The summed E-state index contributed by atoms with van der Waals surface area (Å²) in [5, 5.41) is 0. The second-order valence-electron chi connectivity index (χ2n) is 6.96. The molecule has 0 spiro atoms.